The average molecular weight is 547 g/mol. The number of halogens is 1. The van der Waals surface area contributed by atoms with Gasteiger partial charge in [-0.1, -0.05) is 23.7 Å². The van der Waals surface area contributed by atoms with E-state index in [0.29, 0.717) is 44.1 Å². The first kappa shape index (κ1) is 28.2. The van der Waals surface area contributed by atoms with Crippen molar-refractivity contribution in [1.29, 1.82) is 0 Å². The third kappa shape index (κ3) is 6.99. The van der Waals surface area contributed by atoms with E-state index in [1.807, 2.05) is 44.0 Å². The number of carbonyl (C=O) groups excluding carboxylic acids is 3. The molecule has 1 saturated carbocycles. The standard InChI is InChI=1S/C28H39ClN4O5/c1-28(2,3)38-27(36)32-13-14-37-24(18-32)26(35)33(20-9-10-20)16-19-8-11-21-22(29)17-31(23(21)15-19)12-6-7-25(34)30(4)5/h8,11,15,17,20,24H,6-7,9-10,12-14,16,18H2,1-5H3. The van der Waals surface area contributed by atoms with Crippen LogP contribution in [0.2, 0.25) is 5.02 Å². The predicted molar refractivity (Wildman–Crippen MR) is 146 cm³/mol. The lowest BCUT2D eigenvalue weighted by Gasteiger charge is -2.36. The highest BCUT2D eigenvalue weighted by atomic mass is 35.5. The van der Waals surface area contributed by atoms with Crippen LogP contribution in [0.1, 0.15) is 52.0 Å². The Kier molecular flexibility index (Phi) is 8.57. The molecule has 0 N–H and O–H groups in total. The number of benzene rings is 1. The van der Waals surface area contributed by atoms with E-state index < -0.39 is 17.8 Å². The number of nitrogens with zero attached hydrogens (tertiary/aromatic N) is 4. The van der Waals surface area contributed by atoms with Gasteiger partial charge in [-0.2, -0.15) is 0 Å². The summed E-state index contributed by atoms with van der Waals surface area (Å²) < 4.78 is 13.4. The second-order valence-electron chi connectivity index (χ2n) is 11.4. The number of amides is 3. The first-order valence-electron chi connectivity index (χ1n) is 13.3. The SMILES string of the molecule is CN(C)C(=O)CCCn1cc(Cl)c2ccc(CN(C(=O)C3CN(C(=O)OC(C)(C)C)CCO3)C3CC3)cc21. The Hall–Kier alpha value is -2.78. The summed E-state index contributed by atoms with van der Waals surface area (Å²) in [7, 11) is 3.52. The van der Waals surface area contributed by atoms with Crippen LogP contribution in [0.3, 0.4) is 0 Å². The number of hydrogen-bond donors (Lipinski definition) is 0. The van der Waals surface area contributed by atoms with Crippen LogP contribution in [0.4, 0.5) is 4.79 Å². The molecule has 1 aliphatic carbocycles. The Morgan fingerprint density at radius 3 is 2.58 bits per heavy atom. The molecular weight excluding hydrogens is 508 g/mol. The van der Waals surface area contributed by atoms with E-state index >= 15 is 0 Å². The summed E-state index contributed by atoms with van der Waals surface area (Å²) in [5, 5.41) is 1.61. The van der Waals surface area contributed by atoms with Crippen molar-refractivity contribution in [2.45, 2.75) is 77.3 Å². The number of carbonyl (C=O) groups is 3. The van der Waals surface area contributed by atoms with Crippen LogP contribution in [0.15, 0.2) is 24.4 Å². The van der Waals surface area contributed by atoms with Crippen LogP contribution in [0.5, 0.6) is 0 Å². The number of ether oxygens (including phenoxy) is 2. The van der Waals surface area contributed by atoms with E-state index in [2.05, 4.69) is 10.6 Å². The van der Waals surface area contributed by atoms with Gasteiger partial charge in [-0.05, 0) is 51.7 Å². The zero-order valence-electron chi connectivity index (χ0n) is 23.0. The minimum Gasteiger partial charge on any atom is -0.444 e. The van der Waals surface area contributed by atoms with Gasteiger partial charge in [0.15, 0.2) is 6.10 Å². The lowest BCUT2D eigenvalue weighted by molar-refractivity contribution is -0.150. The lowest BCUT2D eigenvalue weighted by atomic mass is 10.1. The maximum absolute atomic E-state index is 13.6. The molecule has 3 amide bonds. The highest BCUT2D eigenvalue weighted by Gasteiger charge is 2.39. The molecule has 2 fully saturated rings. The second kappa shape index (κ2) is 11.5. The number of rotatable bonds is 8. The highest BCUT2D eigenvalue weighted by molar-refractivity contribution is 6.35. The molecule has 1 saturated heterocycles. The van der Waals surface area contributed by atoms with Gasteiger partial charge in [0.25, 0.3) is 5.91 Å². The van der Waals surface area contributed by atoms with E-state index in [1.165, 1.54) is 0 Å². The quantitative estimate of drug-likeness (QED) is 0.493. The number of hydrogen-bond acceptors (Lipinski definition) is 5. The molecule has 1 aromatic heterocycles. The molecule has 2 aromatic rings. The van der Waals surface area contributed by atoms with Gasteiger partial charge in [-0.3, -0.25) is 9.59 Å². The summed E-state index contributed by atoms with van der Waals surface area (Å²) >= 11 is 6.50. The molecule has 4 rings (SSSR count). The molecule has 1 aliphatic heterocycles. The zero-order chi connectivity index (χ0) is 27.6. The summed E-state index contributed by atoms with van der Waals surface area (Å²) in [5.74, 6) is -0.00142. The fraction of sp³-hybridized carbons (Fsp3) is 0.607. The van der Waals surface area contributed by atoms with Crippen molar-refractivity contribution in [2.24, 2.45) is 0 Å². The summed E-state index contributed by atoms with van der Waals surface area (Å²) in [5.41, 5.74) is 1.38. The van der Waals surface area contributed by atoms with Crippen LogP contribution >= 0.6 is 11.6 Å². The van der Waals surface area contributed by atoms with Gasteiger partial charge in [0.05, 0.1) is 18.2 Å². The van der Waals surface area contributed by atoms with Gasteiger partial charge >= 0.3 is 6.09 Å². The van der Waals surface area contributed by atoms with Crippen molar-refractivity contribution >= 4 is 40.4 Å². The fourth-order valence-electron chi connectivity index (χ4n) is 4.65. The Labute approximate surface area is 229 Å². The van der Waals surface area contributed by atoms with Crippen molar-refractivity contribution in [3.05, 3.63) is 35.0 Å². The second-order valence-corrected chi connectivity index (χ2v) is 11.8. The highest BCUT2D eigenvalue weighted by Crippen LogP contribution is 2.32. The van der Waals surface area contributed by atoms with Crippen molar-refractivity contribution in [3.8, 4) is 0 Å². The van der Waals surface area contributed by atoms with Crippen molar-refractivity contribution in [3.63, 3.8) is 0 Å². The van der Waals surface area contributed by atoms with Gasteiger partial charge in [0.1, 0.15) is 5.60 Å². The Morgan fingerprint density at radius 1 is 1.18 bits per heavy atom. The molecule has 0 radical (unpaired) electrons. The summed E-state index contributed by atoms with van der Waals surface area (Å²) in [4.78, 5) is 43.2. The minimum atomic E-state index is -0.715. The van der Waals surface area contributed by atoms with Gasteiger partial charge in [-0.25, -0.2) is 4.79 Å². The smallest absolute Gasteiger partial charge is 0.410 e. The predicted octanol–water partition coefficient (Wildman–Crippen LogP) is 4.29. The first-order chi connectivity index (χ1) is 17.9. The van der Waals surface area contributed by atoms with Crippen molar-refractivity contribution in [1.82, 2.24) is 19.3 Å². The molecule has 38 heavy (non-hydrogen) atoms. The Morgan fingerprint density at radius 2 is 1.92 bits per heavy atom. The van der Waals surface area contributed by atoms with Gasteiger partial charge < -0.3 is 28.7 Å². The molecule has 0 spiro atoms. The molecule has 208 valence electrons. The average Bonchev–Trinajstić information content (AvgIpc) is 3.65. The zero-order valence-corrected chi connectivity index (χ0v) is 23.8. The monoisotopic (exact) mass is 546 g/mol. The fourth-order valence-corrected chi connectivity index (χ4v) is 4.92. The lowest BCUT2D eigenvalue weighted by Crippen LogP contribution is -2.53. The van der Waals surface area contributed by atoms with Crippen molar-refractivity contribution in [2.75, 3.05) is 33.8 Å². The van der Waals surface area contributed by atoms with Crippen LogP contribution in [-0.2, 0) is 32.2 Å². The molecular formula is C28H39ClN4O5. The molecule has 1 unspecified atom stereocenters. The van der Waals surface area contributed by atoms with E-state index in [4.69, 9.17) is 21.1 Å². The molecule has 2 aliphatic rings. The van der Waals surface area contributed by atoms with E-state index in [-0.39, 0.29) is 24.4 Å². The molecule has 2 heterocycles. The Balaban J connectivity index is 1.46. The van der Waals surface area contributed by atoms with Crippen LogP contribution < -0.4 is 0 Å². The van der Waals surface area contributed by atoms with E-state index in [0.717, 1.165) is 29.3 Å². The molecule has 10 heteroatoms. The van der Waals surface area contributed by atoms with Crippen LogP contribution in [0.25, 0.3) is 10.9 Å². The third-order valence-electron chi connectivity index (χ3n) is 6.80. The molecule has 0 bridgehead atoms. The maximum atomic E-state index is 13.6. The summed E-state index contributed by atoms with van der Waals surface area (Å²) in [6.07, 6.45) is 3.86. The topological polar surface area (TPSA) is 84.3 Å². The molecule has 1 aromatic carbocycles. The summed E-state index contributed by atoms with van der Waals surface area (Å²) in [6, 6.07) is 6.25. The van der Waals surface area contributed by atoms with Gasteiger partial charge in [0.2, 0.25) is 5.91 Å². The maximum Gasteiger partial charge on any atom is 0.410 e. The number of fused-ring (bicyclic) bond motifs is 1. The van der Waals surface area contributed by atoms with Crippen LogP contribution in [0, 0.1) is 0 Å². The van der Waals surface area contributed by atoms with Gasteiger partial charge in [0, 0.05) is 63.3 Å². The molecule has 9 nitrogen and oxygen atoms in total. The number of morpholine rings is 1. The largest absolute Gasteiger partial charge is 0.444 e. The summed E-state index contributed by atoms with van der Waals surface area (Å²) in [6.45, 7) is 7.48. The number of aryl methyl sites for hydroxylation is 1. The third-order valence-corrected chi connectivity index (χ3v) is 7.10. The number of aromatic nitrogens is 1. The van der Waals surface area contributed by atoms with Crippen LogP contribution in [-0.4, -0.2) is 88.7 Å². The minimum absolute atomic E-state index is 0.0991. The van der Waals surface area contributed by atoms with Crippen molar-refractivity contribution < 1.29 is 23.9 Å². The van der Waals surface area contributed by atoms with E-state index in [1.54, 1.807) is 23.9 Å². The molecule has 1 atom stereocenters. The normalized spacial score (nSPS) is 17.9. The van der Waals surface area contributed by atoms with E-state index in [9.17, 15) is 14.4 Å². The Bertz CT molecular complexity index is 1180. The first-order valence-corrected chi connectivity index (χ1v) is 13.7. The van der Waals surface area contributed by atoms with Gasteiger partial charge in [-0.15, -0.1) is 0 Å².